The van der Waals surface area contributed by atoms with Gasteiger partial charge in [0.15, 0.2) is 11.5 Å². The number of nitrogens with two attached hydrogens (primary N) is 1. The molecule has 8 nitrogen and oxygen atoms in total. The Morgan fingerprint density at radius 3 is 2.81 bits per heavy atom. The standard InChI is InChI=1S/C22H21ClN8/c1-2-16(27-20-18-19(26-12-25-18)29-22(24)30-20)21-28-17-10-6-9-15(23)14(17)11-31(21)13-7-4-3-5-8-13/h3-12,16,21H,2H2,1H3,(H4,24,25,26,27,29,30). The summed E-state index contributed by atoms with van der Waals surface area (Å²) in [5.41, 5.74) is 8.16. The van der Waals surface area contributed by atoms with Crippen LogP contribution in [0.3, 0.4) is 0 Å². The van der Waals surface area contributed by atoms with Crippen molar-refractivity contribution < 1.29 is 0 Å². The van der Waals surface area contributed by atoms with Crippen LogP contribution >= 0.6 is 11.6 Å². The van der Waals surface area contributed by atoms with E-state index in [2.05, 4.69) is 55.4 Å². The van der Waals surface area contributed by atoms with Gasteiger partial charge in [0.25, 0.3) is 0 Å². The van der Waals surface area contributed by atoms with E-state index >= 15 is 0 Å². The zero-order valence-electron chi connectivity index (χ0n) is 16.8. The molecule has 4 N–H and O–H groups in total. The minimum Gasteiger partial charge on any atom is -0.368 e. The summed E-state index contributed by atoms with van der Waals surface area (Å²) in [7, 11) is 0. The average Bonchev–Trinajstić information content (AvgIpc) is 3.26. The zero-order chi connectivity index (χ0) is 21.4. The number of aromatic amines is 1. The highest BCUT2D eigenvalue weighted by Crippen LogP contribution is 2.26. The Hall–Kier alpha value is -3.65. The van der Waals surface area contributed by atoms with Crippen molar-refractivity contribution in [2.45, 2.75) is 25.6 Å². The van der Waals surface area contributed by atoms with Crippen LogP contribution in [0.2, 0.25) is 5.02 Å². The molecule has 31 heavy (non-hydrogen) atoms. The van der Waals surface area contributed by atoms with Gasteiger partial charge in [-0.05, 0) is 30.7 Å². The maximum atomic E-state index is 6.48. The molecular formula is C22H21ClN8. The van der Waals surface area contributed by atoms with Crippen molar-refractivity contribution in [2.75, 3.05) is 16.0 Å². The number of nitrogens with one attached hydrogen (secondary N) is 2. The monoisotopic (exact) mass is 432 g/mol. The molecular weight excluding hydrogens is 412 g/mol. The van der Waals surface area contributed by atoms with Gasteiger partial charge >= 0.3 is 0 Å². The third kappa shape index (κ3) is 3.55. The van der Waals surface area contributed by atoms with Gasteiger partial charge in [-0.25, -0.2) is 4.98 Å². The molecule has 0 amide bonds. The largest absolute Gasteiger partial charge is 0.368 e. The third-order valence-electron chi connectivity index (χ3n) is 5.33. The minimum atomic E-state index is -0.229. The fraction of sp³-hybridized carbons (Fsp3) is 0.182. The summed E-state index contributed by atoms with van der Waals surface area (Å²) in [6.07, 6.45) is 4.21. The molecule has 0 saturated carbocycles. The fourth-order valence-electron chi connectivity index (χ4n) is 3.81. The molecule has 9 heteroatoms. The normalized spacial score (nSPS) is 16.3. The van der Waals surface area contributed by atoms with Gasteiger partial charge in [-0.15, -0.1) is 0 Å². The van der Waals surface area contributed by atoms with Crippen molar-refractivity contribution in [3.8, 4) is 0 Å². The highest BCUT2D eigenvalue weighted by Gasteiger charge is 2.28. The van der Waals surface area contributed by atoms with Crippen molar-refractivity contribution in [2.24, 2.45) is 4.99 Å². The maximum Gasteiger partial charge on any atom is 0.224 e. The van der Waals surface area contributed by atoms with E-state index in [-0.39, 0.29) is 18.2 Å². The zero-order valence-corrected chi connectivity index (χ0v) is 17.6. The van der Waals surface area contributed by atoms with Gasteiger partial charge in [0.05, 0.1) is 22.7 Å². The lowest BCUT2D eigenvalue weighted by Crippen LogP contribution is -2.50. The van der Waals surface area contributed by atoms with Crippen LogP contribution in [0.1, 0.15) is 13.3 Å². The topological polar surface area (TPSA) is 108 Å². The highest BCUT2D eigenvalue weighted by atomic mass is 35.5. The molecule has 2 atom stereocenters. The number of rotatable bonds is 5. The second-order valence-corrected chi connectivity index (χ2v) is 7.69. The van der Waals surface area contributed by atoms with Crippen molar-refractivity contribution in [3.05, 3.63) is 70.5 Å². The Kier molecular flexibility index (Phi) is 4.91. The van der Waals surface area contributed by atoms with Gasteiger partial charge in [0.2, 0.25) is 5.95 Å². The number of para-hydroxylation sites is 1. The number of hydrogen-bond acceptors (Lipinski definition) is 7. The Morgan fingerprint density at radius 1 is 1.16 bits per heavy atom. The van der Waals surface area contributed by atoms with E-state index < -0.39 is 0 Å². The smallest absolute Gasteiger partial charge is 0.224 e. The number of benzene rings is 2. The number of nitrogens with zero attached hydrogens (tertiary/aromatic N) is 5. The molecule has 0 spiro atoms. The first-order chi connectivity index (χ1) is 15.1. The summed E-state index contributed by atoms with van der Waals surface area (Å²) in [6.45, 7) is 2.11. The first kappa shape index (κ1) is 19.3. The summed E-state index contributed by atoms with van der Waals surface area (Å²) >= 11 is 6.48. The first-order valence-electron chi connectivity index (χ1n) is 10.0. The molecule has 0 bridgehead atoms. The van der Waals surface area contributed by atoms with E-state index in [4.69, 9.17) is 22.3 Å². The number of fused-ring (bicyclic) bond motifs is 2. The summed E-state index contributed by atoms with van der Waals surface area (Å²) in [4.78, 5) is 23.1. The van der Waals surface area contributed by atoms with Gasteiger partial charge in [-0.3, -0.25) is 4.99 Å². The van der Waals surface area contributed by atoms with Crippen LogP contribution in [0, 0.1) is 0 Å². The molecule has 0 saturated heterocycles. The Labute approximate surface area is 183 Å². The van der Waals surface area contributed by atoms with Crippen LogP contribution in [-0.4, -0.2) is 32.1 Å². The Balaban J connectivity index is 1.61. The molecule has 1 aliphatic heterocycles. The lowest BCUT2D eigenvalue weighted by atomic mass is 10.1. The van der Waals surface area contributed by atoms with Gasteiger partial charge in [-0.2, -0.15) is 9.97 Å². The number of nitrogen functional groups attached to an aromatic ring is 1. The predicted octanol–water partition coefficient (Wildman–Crippen LogP) is 2.68. The van der Waals surface area contributed by atoms with Crippen LogP contribution in [0.25, 0.3) is 17.4 Å². The Morgan fingerprint density at radius 2 is 2.00 bits per heavy atom. The summed E-state index contributed by atoms with van der Waals surface area (Å²) in [6, 6.07) is 15.8. The molecule has 4 aromatic rings. The minimum absolute atomic E-state index is 0.0793. The van der Waals surface area contributed by atoms with Crippen molar-refractivity contribution in [3.63, 3.8) is 0 Å². The second-order valence-electron chi connectivity index (χ2n) is 7.28. The molecule has 5 rings (SSSR count). The predicted molar refractivity (Wildman–Crippen MR) is 123 cm³/mol. The quantitative estimate of drug-likeness (QED) is 0.447. The van der Waals surface area contributed by atoms with Gasteiger partial charge in [-0.1, -0.05) is 42.8 Å². The molecule has 2 aromatic heterocycles. The van der Waals surface area contributed by atoms with E-state index in [1.54, 1.807) is 6.33 Å². The van der Waals surface area contributed by atoms with E-state index in [1.807, 2.05) is 36.4 Å². The van der Waals surface area contributed by atoms with Crippen molar-refractivity contribution in [1.29, 1.82) is 0 Å². The molecule has 156 valence electrons. The van der Waals surface area contributed by atoms with Gasteiger partial charge in [0, 0.05) is 17.1 Å². The molecule has 0 fully saturated rings. The molecule has 3 heterocycles. The van der Waals surface area contributed by atoms with Gasteiger partial charge < -0.3 is 20.9 Å². The molecule has 2 unspecified atom stereocenters. The van der Waals surface area contributed by atoms with E-state index in [1.165, 1.54) is 0 Å². The number of H-pyrrole nitrogens is 1. The summed E-state index contributed by atoms with van der Waals surface area (Å²) in [5.74, 6) is 0.771. The van der Waals surface area contributed by atoms with Crippen molar-refractivity contribution in [1.82, 2.24) is 19.9 Å². The molecule has 2 aromatic carbocycles. The SMILES string of the molecule is CCC(Nc1nc(N)nc2nc[nH]c12)C1N=c2cccc(Cl)c2=CN1c1ccccc1. The number of aromatic nitrogens is 4. The van der Waals surface area contributed by atoms with Crippen LogP contribution in [-0.2, 0) is 0 Å². The molecule has 1 aliphatic rings. The van der Waals surface area contributed by atoms with E-state index in [9.17, 15) is 0 Å². The van der Waals surface area contributed by atoms with Crippen molar-refractivity contribution >= 4 is 46.4 Å². The average molecular weight is 433 g/mol. The number of imidazole rings is 1. The van der Waals surface area contributed by atoms with Crippen LogP contribution in [0.15, 0.2) is 59.9 Å². The fourth-order valence-corrected chi connectivity index (χ4v) is 4.03. The second kappa shape index (κ2) is 7.88. The van der Waals surface area contributed by atoms with Gasteiger partial charge in [0.1, 0.15) is 11.7 Å². The first-order valence-corrected chi connectivity index (χ1v) is 10.4. The Bertz CT molecular complexity index is 1350. The van der Waals surface area contributed by atoms with Crippen LogP contribution < -0.4 is 26.5 Å². The van der Waals surface area contributed by atoms with E-state index in [0.29, 0.717) is 22.0 Å². The summed E-state index contributed by atoms with van der Waals surface area (Å²) < 4.78 is 0. The lowest BCUT2D eigenvalue weighted by Gasteiger charge is -2.36. The maximum absolute atomic E-state index is 6.48. The summed E-state index contributed by atoms with van der Waals surface area (Å²) in [5, 5.41) is 5.96. The lowest BCUT2D eigenvalue weighted by molar-refractivity contribution is 0.538. The molecule has 0 aliphatic carbocycles. The third-order valence-corrected chi connectivity index (χ3v) is 5.66. The van der Waals surface area contributed by atoms with Crippen LogP contribution in [0.4, 0.5) is 17.5 Å². The highest BCUT2D eigenvalue weighted by molar-refractivity contribution is 6.30. The number of anilines is 3. The number of halogens is 1. The molecule has 0 radical (unpaired) electrons. The van der Waals surface area contributed by atoms with E-state index in [0.717, 1.165) is 22.7 Å². The number of hydrogen-bond donors (Lipinski definition) is 3. The van der Waals surface area contributed by atoms with Crippen LogP contribution in [0.5, 0.6) is 0 Å².